The number of aromatic nitrogens is 2. The fourth-order valence-corrected chi connectivity index (χ4v) is 4.03. The zero-order valence-corrected chi connectivity index (χ0v) is 17.4. The van der Waals surface area contributed by atoms with Crippen molar-refractivity contribution in [3.63, 3.8) is 0 Å². The Kier molecular flexibility index (Phi) is 5.54. The van der Waals surface area contributed by atoms with Gasteiger partial charge in [-0.2, -0.15) is 0 Å². The van der Waals surface area contributed by atoms with Crippen LogP contribution in [-0.2, 0) is 17.6 Å². The molecule has 1 saturated carbocycles. The Labute approximate surface area is 171 Å². The van der Waals surface area contributed by atoms with Crippen molar-refractivity contribution in [2.45, 2.75) is 39.5 Å². The van der Waals surface area contributed by atoms with Crippen molar-refractivity contribution in [3.8, 4) is 0 Å². The first-order valence-corrected chi connectivity index (χ1v) is 10.6. The van der Waals surface area contributed by atoms with Crippen LogP contribution in [0.4, 0.5) is 5.82 Å². The second-order valence-electron chi connectivity index (χ2n) is 7.76. The highest BCUT2D eigenvalue weighted by molar-refractivity contribution is 6.30. The lowest BCUT2D eigenvalue weighted by atomic mass is 10.0. The summed E-state index contributed by atoms with van der Waals surface area (Å²) in [5, 5.41) is 0.747. The van der Waals surface area contributed by atoms with Gasteiger partial charge in [0.05, 0.1) is 0 Å². The van der Waals surface area contributed by atoms with E-state index in [-0.39, 0.29) is 0 Å². The molecule has 0 bridgehead atoms. The fraction of sp³-hybridized carbons (Fsp3) is 0.500. The Hall–Kier alpha value is -2.14. The molecule has 4 rings (SSSR count). The summed E-state index contributed by atoms with van der Waals surface area (Å²) in [5.74, 6) is 2.47. The summed E-state index contributed by atoms with van der Waals surface area (Å²) < 4.78 is 0. The van der Waals surface area contributed by atoms with Crippen LogP contribution in [-0.4, -0.2) is 47.0 Å². The van der Waals surface area contributed by atoms with E-state index in [2.05, 4.69) is 24.0 Å². The lowest BCUT2D eigenvalue weighted by Gasteiger charge is -2.36. The zero-order valence-electron chi connectivity index (χ0n) is 16.6. The van der Waals surface area contributed by atoms with Crippen LogP contribution in [0.5, 0.6) is 0 Å². The van der Waals surface area contributed by atoms with Crippen LogP contribution in [0.15, 0.2) is 24.3 Å². The molecule has 1 aromatic heterocycles. The van der Waals surface area contributed by atoms with E-state index >= 15 is 0 Å². The monoisotopic (exact) mass is 398 g/mol. The maximum Gasteiger partial charge on any atom is 0.225 e. The maximum atomic E-state index is 12.4. The number of hydrogen-bond acceptors (Lipinski definition) is 4. The van der Waals surface area contributed by atoms with Gasteiger partial charge in [-0.15, -0.1) is 0 Å². The van der Waals surface area contributed by atoms with Gasteiger partial charge in [-0.25, -0.2) is 9.97 Å². The number of piperazine rings is 1. The van der Waals surface area contributed by atoms with Crippen molar-refractivity contribution in [3.05, 3.63) is 51.9 Å². The third kappa shape index (κ3) is 4.14. The number of anilines is 1. The first-order chi connectivity index (χ1) is 13.5. The molecule has 2 fully saturated rings. The van der Waals surface area contributed by atoms with Crippen LogP contribution in [0, 0.1) is 12.8 Å². The molecule has 0 N–H and O–H groups in total. The largest absolute Gasteiger partial charge is 0.353 e. The molecule has 0 radical (unpaired) electrons. The van der Waals surface area contributed by atoms with Crippen molar-refractivity contribution in [2.75, 3.05) is 31.1 Å². The Morgan fingerprint density at radius 1 is 1.11 bits per heavy atom. The topological polar surface area (TPSA) is 49.3 Å². The van der Waals surface area contributed by atoms with Crippen molar-refractivity contribution >= 4 is 23.3 Å². The molecule has 148 valence electrons. The Morgan fingerprint density at radius 3 is 2.39 bits per heavy atom. The van der Waals surface area contributed by atoms with Gasteiger partial charge >= 0.3 is 0 Å². The van der Waals surface area contributed by atoms with E-state index in [1.807, 2.05) is 24.0 Å². The number of carbonyl (C=O) groups is 1. The molecule has 1 aromatic carbocycles. The van der Waals surface area contributed by atoms with E-state index in [0.29, 0.717) is 11.8 Å². The van der Waals surface area contributed by atoms with E-state index in [9.17, 15) is 4.79 Å². The molecule has 1 saturated heterocycles. The number of amides is 1. The molecule has 1 aliphatic carbocycles. The number of aryl methyl sites for hydroxylation is 2. The lowest BCUT2D eigenvalue weighted by Crippen LogP contribution is -2.49. The minimum absolute atomic E-state index is 0.292. The molecule has 0 atom stereocenters. The standard InChI is InChI=1S/C22H27ClN4O/c1-3-20-19(14-16-4-8-18(23)9-5-16)21(25-15(2)24-20)26-10-12-27(13-11-26)22(28)17-6-7-17/h4-5,8-9,17H,3,6-7,10-14H2,1-2H3. The SMILES string of the molecule is CCc1nc(C)nc(N2CCN(C(=O)C3CC3)CC2)c1Cc1ccc(Cl)cc1. The van der Waals surface area contributed by atoms with Gasteiger partial charge < -0.3 is 9.80 Å². The van der Waals surface area contributed by atoms with Crippen molar-refractivity contribution < 1.29 is 4.79 Å². The number of rotatable bonds is 5. The Morgan fingerprint density at radius 2 is 1.79 bits per heavy atom. The van der Waals surface area contributed by atoms with E-state index in [4.69, 9.17) is 21.6 Å². The molecule has 2 aromatic rings. The number of carbonyl (C=O) groups excluding carboxylic acids is 1. The van der Waals surface area contributed by atoms with Crippen LogP contribution in [0.25, 0.3) is 0 Å². The summed E-state index contributed by atoms with van der Waals surface area (Å²) >= 11 is 6.05. The van der Waals surface area contributed by atoms with Crippen LogP contribution >= 0.6 is 11.6 Å². The highest BCUT2D eigenvalue weighted by atomic mass is 35.5. The Balaban J connectivity index is 1.58. The minimum atomic E-state index is 0.292. The normalized spacial score (nSPS) is 17.1. The first kappa shape index (κ1) is 19.2. The average Bonchev–Trinajstić information content (AvgIpc) is 3.55. The number of nitrogens with zero attached hydrogens (tertiary/aromatic N) is 4. The summed E-state index contributed by atoms with van der Waals surface area (Å²) in [6.45, 7) is 7.31. The number of hydrogen-bond donors (Lipinski definition) is 0. The molecule has 0 spiro atoms. The van der Waals surface area contributed by atoms with Crippen LogP contribution in [0.1, 0.15) is 42.4 Å². The highest BCUT2D eigenvalue weighted by Crippen LogP contribution is 2.32. The van der Waals surface area contributed by atoms with E-state index in [1.165, 1.54) is 11.1 Å². The predicted molar refractivity (Wildman–Crippen MR) is 112 cm³/mol. The van der Waals surface area contributed by atoms with Crippen molar-refractivity contribution in [2.24, 2.45) is 5.92 Å². The predicted octanol–water partition coefficient (Wildman–Crippen LogP) is 3.65. The minimum Gasteiger partial charge on any atom is -0.353 e. The zero-order chi connectivity index (χ0) is 19.7. The molecule has 0 unspecified atom stereocenters. The van der Waals surface area contributed by atoms with Gasteiger partial charge in [-0.1, -0.05) is 30.7 Å². The van der Waals surface area contributed by atoms with Crippen molar-refractivity contribution in [1.29, 1.82) is 0 Å². The number of benzene rings is 1. The molecule has 5 nitrogen and oxygen atoms in total. The van der Waals surface area contributed by atoms with Gasteiger partial charge in [-0.05, 0) is 43.9 Å². The summed E-state index contributed by atoms with van der Waals surface area (Å²) in [6, 6.07) is 7.99. The molecule has 1 aliphatic heterocycles. The van der Waals surface area contributed by atoms with Gasteiger partial charge in [0.15, 0.2) is 0 Å². The van der Waals surface area contributed by atoms with E-state index in [1.54, 1.807) is 0 Å². The molecule has 2 aliphatic rings. The molecule has 6 heteroatoms. The van der Waals surface area contributed by atoms with Gasteiger partial charge in [0.2, 0.25) is 5.91 Å². The summed E-state index contributed by atoms with van der Waals surface area (Å²) in [7, 11) is 0. The van der Waals surface area contributed by atoms with Crippen LogP contribution in [0.2, 0.25) is 5.02 Å². The van der Waals surface area contributed by atoms with Gasteiger partial charge in [0.25, 0.3) is 0 Å². The summed E-state index contributed by atoms with van der Waals surface area (Å²) in [5.41, 5.74) is 3.50. The molecular weight excluding hydrogens is 372 g/mol. The van der Waals surface area contributed by atoms with Crippen LogP contribution in [0.3, 0.4) is 0 Å². The van der Waals surface area contributed by atoms with Gasteiger partial charge in [-0.3, -0.25) is 4.79 Å². The van der Waals surface area contributed by atoms with Crippen LogP contribution < -0.4 is 4.90 Å². The average molecular weight is 399 g/mol. The quantitative estimate of drug-likeness (QED) is 0.771. The Bertz CT molecular complexity index is 856. The van der Waals surface area contributed by atoms with Gasteiger partial charge in [0.1, 0.15) is 11.6 Å². The maximum absolute atomic E-state index is 12.4. The lowest BCUT2D eigenvalue weighted by molar-refractivity contribution is -0.132. The highest BCUT2D eigenvalue weighted by Gasteiger charge is 2.35. The molecule has 2 heterocycles. The molecule has 1 amide bonds. The summed E-state index contributed by atoms with van der Waals surface area (Å²) in [4.78, 5) is 26.3. The van der Waals surface area contributed by atoms with E-state index < -0.39 is 0 Å². The van der Waals surface area contributed by atoms with Gasteiger partial charge in [0, 0.05) is 54.8 Å². The van der Waals surface area contributed by atoms with E-state index in [0.717, 1.165) is 74.2 Å². The number of halogens is 1. The second-order valence-corrected chi connectivity index (χ2v) is 8.20. The molecule has 28 heavy (non-hydrogen) atoms. The third-order valence-electron chi connectivity index (χ3n) is 5.63. The third-order valence-corrected chi connectivity index (χ3v) is 5.88. The fourth-order valence-electron chi connectivity index (χ4n) is 3.91. The van der Waals surface area contributed by atoms with Crippen molar-refractivity contribution in [1.82, 2.24) is 14.9 Å². The summed E-state index contributed by atoms with van der Waals surface area (Å²) in [6.07, 6.45) is 3.79. The molecular formula is C22H27ClN4O. The smallest absolute Gasteiger partial charge is 0.225 e. The first-order valence-electron chi connectivity index (χ1n) is 10.2. The second kappa shape index (κ2) is 8.08.